The molecule has 0 spiro atoms. The average Bonchev–Trinajstić information content (AvgIpc) is 2.71. The monoisotopic (exact) mass is 229 g/mol. The van der Waals surface area contributed by atoms with E-state index in [0.29, 0.717) is 5.92 Å². The van der Waals surface area contributed by atoms with Gasteiger partial charge in [-0.3, -0.25) is 0 Å². The van der Waals surface area contributed by atoms with Crippen LogP contribution in [0.1, 0.15) is 12.0 Å². The predicted octanol–water partition coefficient (Wildman–Crippen LogP) is 3.60. The Morgan fingerprint density at radius 2 is 2.21 bits per heavy atom. The summed E-state index contributed by atoms with van der Waals surface area (Å²) in [6.45, 7) is 2.94. The van der Waals surface area contributed by atoms with Gasteiger partial charge in [-0.15, -0.1) is 23.2 Å². The lowest BCUT2D eigenvalue weighted by Crippen LogP contribution is -2.07. The van der Waals surface area contributed by atoms with Crippen LogP contribution in [0, 0.1) is 12.8 Å². The molecule has 2 rings (SSSR count). The molecule has 1 saturated carbocycles. The zero-order chi connectivity index (χ0) is 10.2. The fourth-order valence-corrected chi connectivity index (χ4v) is 2.01. The van der Waals surface area contributed by atoms with Gasteiger partial charge in [0.05, 0.1) is 0 Å². The molecule has 0 bridgehead atoms. The lowest BCUT2D eigenvalue weighted by Gasteiger charge is -2.06. The molecule has 1 aliphatic carbocycles. The van der Waals surface area contributed by atoms with Gasteiger partial charge < -0.3 is 5.32 Å². The van der Waals surface area contributed by atoms with Crippen LogP contribution in [0.15, 0.2) is 24.3 Å². The van der Waals surface area contributed by atoms with E-state index in [1.165, 1.54) is 5.56 Å². The van der Waals surface area contributed by atoms with Gasteiger partial charge in [-0.05, 0) is 31.0 Å². The summed E-state index contributed by atoms with van der Waals surface area (Å²) < 4.78 is -0.475. The molecule has 0 aliphatic heterocycles. The van der Waals surface area contributed by atoms with E-state index in [1.54, 1.807) is 0 Å². The van der Waals surface area contributed by atoms with Crippen LogP contribution in [0.4, 0.5) is 5.69 Å². The molecule has 1 aromatic rings. The number of nitrogens with one attached hydrogen (secondary N) is 1. The molecule has 1 fully saturated rings. The Kier molecular flexibility index (Phi) is 2.63. The van der Waals surface area contributed by atoms with Crippen LogP contribution in [0.5, 0.6) is 0 Å². The number of benzene rings is 1. The number of hydrogen-bond acceptors (Lipinski definition) is 1. The molecule has 1 unspecified atom stereocenters. The van der Waals surface area contributed by atoms with E-state index < -0.39 is 4.33 Å². The zero-order valence-corrected chi connectivity index (χ0v) is 9.57. The van der Waals surface area contributed by atoms with Crippen molar-refractivity contribution in [1.82, 2.24) is 0 Å². The highest BCUT2D eigenvalue weighted by molar-refractivity contribution is 6.50. The summed E-state index contributed by atoms with van der Waals surface area (Å²) >= 11 is 11.9. The van der Waals surface area contributed by atoms with E-state index in [1.807, 2.05) is 6.07 Å². The highest BCUT2D eigenvalue weighted by atomic mass is 35.5. The minimum atomic E-state index is -0.475. The van der Waals surface area contributed by atoms with Crippen molar-refractivity contribution in [2.45, 2.75) is 17.7 Å². The zero-order valence-electron chi connectivity index (χ0n) is 8.06. The normalized spacial score (nSPS) is 23.2. The van der Waals surface area contributed by atoms with Gasteiger partial charge in [-0.25, -0.2) is 0 Å². The SMILES string of the molecule is Cc1cccc(NCC2CC2(Cl)Cl)c1. The van der Waals surface area contributed by atoms with Gasteiger partial charge >= 0.3 is 0 Å². The third-order valence-electron chi connectivity index (χ3n) is 2.53. The van der Waals surface area contributed by atoms with Crippen LogP contribution in [0.3, 0.4) is 0 Å². The largest absolute Gasteiger partial charge is 0.385 e. The average molecular weight is 230 g/mol. The van der Waals surface area contributed by atoms with E-state index in [2.05, 4.69) is 30.4 Å². The van der Waals surface area contributed by atoms with Crippen LogP contribution < -0.4 is 5.32 Å². The maximum absolute atomic E-state index is 5.93. The Balaban J connectivity index is 1.87. The lowest BCUT2D eigenvalue weighted by molar-refractivity contribution is 0.875. The fraction of sp³-hybridized carbons (Fsp3) is 0.455. The first-order valence-corrected chi connectivity index (χ1v) is 5.52. The van der Waals surface area contributed by atoms with Crippen molar-refractivity contribution >= 4 is 28.9 Å². The second-order valence-corrected chi connectivity index (χ2v) is 5.45. The van der Waals surface area contributed by atoms with Gasteiger partial charge in [0.15, 0.2) is 0 Å². The van der Waals surface area contributed by atoms with E-state index >= 15 is 0 Å². The highest BCUT2D eigenvalue weighted by Crippen LogP contribution is 2.52. The molecular weight excluding hydrogens is 217 g/mol. The molecule has 3 heteroatoms. The summed E-state index contributed by atoms with van der Waals surface area (Å²) in [6, 6.07) is 8.29. The van der Waals surface area contributed by atoms with Gasteiger partial charge in [-0.2, -0.15) is 0 Å². The third-order valence-corrected chi connectivity index (χ3v) is 3.45. The van der Waals surface area contributed by atoms with E-state index in [-0.39, 0.29) is 0 Å². The Bertz CT molecular complexity index is 336. The fourth-order valence-electron chi connectivity index (χ4n) is 1.49. The smallest absolute Gasteiger partial charge is 0.123 e. The van der Waals surface area contributed by atoms with Gasteiger partial charge in [0.25, 0.3) is 0 Å². The molecule has 1 nitrogen and oxygen atoms in total. The van der Waals surface area contributed by atoms with Crippen molar-refractivity contribution in [3.05, 3.63) is 29.8 Å². The number of alkyl halides is 2. The maximum Gasteiger partial charge on any atom is 0.123 e. The summed E-state index contributed by atoms with van der Waals surface area (Å²) in [4.78, 5) is 0. The molecule has 1 aliphatic rings. The molecule has 0 saturated heterocycles. The van der Waals surface area contributed by atoms with Crippen molar-refractivity contribution in [1.29, 1.82) is 0 Å². The molecule has 1 aromatic carbocycles. The standard InChI is InChI=1S/C11H13Cl2N/c1-8-3-2-4-10(5-8)14-7-9-6-11(9,12)13/h2-5,9,14H,6-7H2,1H3. The number of hydrogen-bond donors (Lipinski definition) is 1. The van der Waals surface area contributed by atoms with E-state index in [4.69, 9.17) is 23.2 Å². The number of rotatable bonds is 3. The van der Waals surface area contributed by atoms with Gasteiger partial charge in [0.1, 0.15) is 4.33 Å². The molecule has 0 amide bonds. The van der Waals surface area contributed by atoms with Crippen molar-refractivity contribution in [2.75, 3.05) is 11.9 Å². The minimum absolute atomic E-state index is 0.395. The van der Waals surface area contributed by atoms with Gasteiger partial charge in [0, 0.05) is 18.2 Å². The second-order valence-electron chi connectivity index (χ2n) is 3.91. The summed E-state index contributed by atoms with van der Waals surface area (Å²) in [5, 5.41) is 3.33. The first-order chi connectivity index (χ1) is 6.58. The Labute approximate surface area is 94.4 Å². The molecule has 0 radical (unpaired) electrons. The third kappa shape index (κ3) is 2.34. The lowest BCUT2D eigenvalue weighted by atomic mass is 10.2. The van der Waals surface area contributed by atoms with Crippen LogP contribution in [0.25, 0.3) is 0 Å². The van der Waals surface area contributed by atoms with Crippen molar-refractivity contribution in [3.8, 4) is 0 Å². The molecule has 0 heterocycles. The molecule has 76 valence electrons. The number of halogens is 2. The molecule has 1 atom stereocenters. The van der Waals surface area contributed by atoms with E-state index in [0.717, 1.165) is 18.7 Å². The molecule has 1 N–H and O–H groups in total. The number of anilines is 1. The quantitative estimate of drug-likeness (QED) is 0.782. The predicted molar refractivity (Wildman–Crippen MR) is 62.2 cm³/mol. The van der Waals surface area contributed by atoms with E-state index in [9.17, 15) is 0 Å². The number of aryl methyl sites for hydroxylation is 1. The molecule has 14 heavy (non-hydrogen) atoms. The Morgan fingerprint density at radius 1 is 1.50 bits per heavy atom. The summed E-state index contributed by atoms with van der Waals surface area (Å²) in [7, 11) is 0. The Morgan fingerprint density at radius 3 is 2.79 bits per heavy atom. The first-order valence-electron chi connectivity index (χ1n) is 4.76. The van der Waals surface area contributed by atoms with Crippen molar-refractivity contribution < 1.29 is 0 Å². The van der Waals surface area contributed by atoms with Gasteiger partial charge in [-0.1, -0.05) is 12.1 Å². The highest BCUT2D eigenvalue weighted by Gasteiger charge is 2.51. The second kappa shape index (κ2) is 3.63. The van der Waals surface area contributed by atoms with Crippen molar-refractivity contribution in [2.24, 2.45) is 5.92 Å². The summed E-state index contributed by atoms with van der Waals surface area (Å²) in [5.41, 5.74) is 2.40. The summed E-state index contributed by atoms with van der Waals surface area (Å²) in [6.07, 6.45) is 0.898. The van der Waals surface area contributed by atoms with Crippen LogP contribution >= 0.6 is 23.2 Å². The van der Waals surface area contributed by atoms with Crippen molar-refractivity contribution in [3.63, 3.8) is 0 Å². The van der Waals surface area contributed by atoms with Crippen LogP contribution in [-0.4, -0.2) is 10.9 Å². The van der Waals surface area contributed by atoms with Crippen LogP contribution in [-0.2, 0) is 0 Å². The Hall–Kier alpha value is -0.400. The van der Waals surface area contributed by atoms with Crippen LogP contribution in [0.2, 0.25) is 0 Å². The van der Waals surface area contributed by atoms with Gasteiger partial charge in [0.2, 0.25) is 0 Å². The minimum Gasteiger partial charge on any atom is -0.385 e. The topological polar surface area (TPSA) is 12.0 Å². The molecular formula is C11H13Cl2N. The molecule has 0 aromatic heterocycles. The first kappa shape index (κ1) is 10.1. The summed E-state index contributed by atoms with van der Waals surface area (Å²) in [5.74, 6) is 0.395. The maximum atomic E-state index is 5.93.